The molecule has 0 saturated carbocycles. The number of benzene rings is 1. The van der Waals surface area contributed by atoms with Crippen LogP contribution in [0.1, 0.15) is 10.4 Å². The SMILES string of the molecule is O=C(O)c1ccnc(Oc2cc(F)c(Cl)cc2Br)c1. The minimum Gasteiger partial charge on any atom is -0.478 e. The molecule has 0 bridgehead atoms. The van der Waals surface area contributed by atoms with Crippen LogP contribution in [-0.4, -0.2) is 16.1 Å². The molecule has 1 aromatic carbocycles. The summed E-state index contributed by atoms with van der Waals surface area (Å²) >= 11 is 8.77. The first-order valence-electron chi connectivity index (χ1n) is 4.99. The fourth-order valence-electron chi connectivity index (χ4n) is 1.29. The zero-order valence-electron chi connectivity index (χ0n) is 9.23. The van der Waals surface area contributed by atoms with Crippen molar-refractivity contribution in [2.45, 2.75) is 0 Å². The smallest absolute Gasteiger partial charge is 0.335 e. The van der Waals surface area contributed by atoms with Crippen LogP contribution >= 0.6 is 27.5 Å². The summed E-state index contributed by atoms with van der Waals surface area (Å²) in [6, 6.07) is 4.99. The molecule has 4 nitrogen and oxygen atoms in total. The molecule has 2 aromatic rings. The standard InChI is InChI=1S/C12H6BrClFNO3/c13-7-4-8(14)9(15)5-10(7)19-11-3-6(12(17)18)1-2-16-11/h1-5H,(H,17,18). The van der Waals surface area contributed by atoms with Crippen LogP contribution in [0.5, 0.6) is 11.6 Å². The van der Waals surface area contributed by atoms with Gasteiger partial charge in [-0.3, -0.25) is 0 Å². The lowest BCUT2D eigenvalue weighted by atomic mass is 10.3. The van der Waals surface area contributed by atoms with Crippen molar-refractivity contribution >= 4 is 33.5 Å². The van der Waals surface area contributed by atoms with Crippen molar-refractivity contribution in [3.05, 3.63) is 51.3 Å². The molecule has 0 aliphatic carbocycles. The van der Waals surface area contributed by atoms with E-state index in [9.17, 15) is 9.18 Å². The van der Waals surface area contributed by atoms with Gasteiger partial charge in [-0.15, -0.1) is 0 Å². The van der Waals surface area contributed by atoms with Crippen molar-refractivity contribution in [3.63, 3.8) is 0 Å². The van der Waals surface area contributed by atoms with E-state index in [1.54, 1.807) is 0 Å². The predicted octanol–water partition coefficient (Wildman–Crippen LogP) is 4.13. The number of ether oxygens (including phenoxy) is 1. The maximum absolute atomic E-state index is 13.3. The van der Waals surface area contributed by atoms with E-state index in [0.29, 0.717) is 4.47 Å². The predicted molar refractivity (Wildman–Crippen MR) is 70.4 cm³/mol. The van der Waals surface area contributed by atoms with Gasteiger partial charge in [0.15, 0.2) is 0 Å². The van der Waals surface area contributed by atoms with Crippen molar-refractivity contribution < 1.29 is 19.0 Å². The Morgan fingerprint density at radius 3 is 2.84 bits per heavy atom. The molecule has 0 amide bonds. The van der Waals surface area contributed by atoms with E-state index >= 15 is 0 Å². The number of rotatable bonds is 3. The van der Waals surface area contributed by atoms with E-state index in [1.165, 1.54) is 24.4 Å². The van der Waals surface area contributed by atoms with E-state index in [-0.39, 0.29) is 22.2 Å². The topological polar surface area (TPSA) is 59.4 Å². The Kier molecular flexibility index (Phi) is 4.01. The van der Waals surface area contributed by atoms with Crippen LogP contribution in [0.4, 0.5) is 4.39 Å². The molecule has 1 aromatic heterocycles. The van der Waals surface area contributed by atoms with Crippen molar-refractivity contribution in [3.8, 4) is 11.6 Å². The molecule has 0 aliphatic heterocycles. The summed E-state index contributed by atoms with van der Waals surface area (Å²) in [5.41, 5.74) is 0.0237. The number of carboxylic acid groups (broad SMARTS) is 1. The maximum atomic E-state index is 13.3. The van der Waals surface area contributed by atoms with Crippen LogP contribution in [0.25, 0.3) is 0 Å². The largest absolute Gasteiger partial charge is 0.478 e. The number of carbonyl (C=O) groups is 1. The molecule has 0 unspecified atom stereocenters. The highest BCUT2D eigenvalue weighted by atomic mass is 79.9. The first-order chi connectivity index (χ1) is 8.97. The van der Waals surface area contributed by atoms with E-state index in [4.69, 9.17) is 21.4 Å². The van der Waals surface area contributed by atoms with Gasteiger partial charge in [0, 0.05) is 18.3 Å². The van der Waals surface area contributed by atoms with Crippen molar-refractivity contribution in [2.24, 2.45) is 0 Å². The first-order valence-corrected chi connectivity index (χ1v) is 6.16. The molecular weight excluding hydrogens is 340 g/mol. The molecule has 0 radical (unpaired) electrons. The van der Waals surface area contributed by atoms with Gasteiger partial charge >= 0.3 is 5.97 Å². The van der Waals surface area contributed by atoms with Gasteiger partial charge in [-0.1, -0.05) is 11.6 Å². The third-order valence-corrected chi connectivity index (χ3v) is 3.08. The summed E-state index contributed by atoms with van der Waals surface area (Å²) in [6.45, 7) is 0. The highest BCUT2D eigenvalue weighted by Crippen LogP contribution is 2.33. The Balaban J connectivity index is 2.33. The molecule has 0 aliphatic rings. The van der Waals surface area contributed by atoms with Crippen molar-refractivity contribution in [1.29, 1.82) is 0 Å². The Morgan fingerprint density at radius 1 is 1.42 bits per heavy atom. The number of nitrogens with zero attached hydrogens (tertiary/aromatic N) is 1. The number of aromatic nitrogens is 1. The fourth-order valence-corrected chi connectivity index (χ4v) is 2.01. The van der Waals surface area contributed by atoms with Gasteiger partial charge in [-0.2, -0.15) is 0 Å². The molecule has 98 valence electrons. The van der Waals surface area contributed by atoms with Gasteiger partial charge < -0.3 is 9.84 Å². The molecule has 0 atom stereocenters. The zero-order valence-corrected chi connectivity index (χ0v) is 11.6. The van der Waals surface area contributed by atoms with Crippen LogP contribution in [-0.2, 0) is 0 Å². The number of aromatic carboxylic acids is 1. The van der Waals surface area contributed by atoms with E-state index in [2.05, 4.69) is 20.9 Å². The Bertz CT molecular complexity index is 651. The average molecular weight is 347 g/mol. The summed E-state index contributed by atoms with van der Waals surface area (Å²) in [5, 5.41) is 8.79. The molecule has 19 heavy (non-hydrogen) atoms. The minimum atomic E-state index is -1.10. The lowest BCUT2D eigenvalue weighted by Gasteiger charge is -2.08. The number of hydrogen-bond acceptors (Lipinski definition) is 3. The normalized spacial score (nSPS) is 10.3. The molecular formula is C12H6BrClFNO3. The Labute approximate surface area is 120 Å². The van der Waals surface area contributed by atoms with Gasteiger partial charge in [0.1, 0.15) is 11.6 Å². The van der Waals surface area contributed by atoms with Crippen LogP contribution in [0.3, 0.4) is 0 Å². The average Bonchev–Trinajstić information content (AvgIpc) is 2.36. The highest BCUT2D eigenvalue weighted by molar-refractivity contribution is 9.10. The van der Waals surface area contributed by atoms with E-state index in [0.717, 1.165) is 6.07 Å². The van der Waals surface area contributed by atoms with Crippen molar-refractivity contribution in [2.75, 3.05) is 0 Å². The van der Waals surface area contributed by atoms with E-state index in [1.807, 2.05) is 0 Å². The molecule has 2 rings (SSSR count). The highest BCUT2D eigenvalue weighted by Gasteiger charge is 2.11. The fraction of sp³-hybridized carbons (Fsp3) is 0. The number of hydrogen-bond donors (Lipinski definition) is 1. The van der Waals surface area contributed by atoms with Crippen molar-refractivity contribution in [1.82, 2.24) is 4.98 Å². The van der Waals surface area contributed by atoms with Gasteiger partial charge in [-0.05, 0) is 28.1 Å². The Hall–Kier alpha value is -1.66. The second-order valence-electron chi connectivity index (χ2n) is 3.49. The molecule has 7 heteroatoms. The first kappa shape index (κ1) is 13.8. The summed E-state index contributed by atoms with van der Waals surface area (Å²) in [6.07, 6.45) is 1.29. The van der Waals surface area contributed by atoms with Crippen LogP contribution in [0.15, 0.2) is 34.9 Å². The molecule has 1 N–H and O–H groups in total. The Morgan fingerprint density at radius 2 is 2.16 bits per heavy atom. The van der Waals surface area contributed by atoms with Gasteiger partial charge in [0.05, 0.1) is 15.1 Å². The summed E-state index contributed by atoms with van der Waals surface area (Å²) in [7, 11) is 0. The second kappa shape index (κ2) is 5.54. The van der Waals surface area contributed by atoms with Gasteiger partial charge in [0.2, 0.25) is 5.88 Å². The second-order valence-corrected chi connectivity index (χ2v) is 4.75. The van der Waals surface area contributed by atoms with E-state index < -0.39 is 11.8 Å². The molecule has 0 fully saturated rings. The quantitative estimate of drug-likeness (QED) is 0.849. The monoisotopic (exact) mass is 345 g/mol. The summed E-state index contributed by atoms with van der Waals surface area (Å²) in [5.74, 6) is -1.55. The van der Waals surface area contributed by atoms with Gasteiger partial charge in [0.25, 0.3) is 0 Å². The van der Waals surface area contributed by atoms with Crippen LogP contribution < -0.4 is 4.74 Å². The number of carboxylic acids is 1. The molecule has 1 heterocycles. The number of pyridine rings is 1. The maximum Gasteiger partial charge on any atom is 0.335 e. The molecule has 0 saturated heterocycles. The van der Waals surface area contributed by atoms with Crippen LogP contribution in [0.2, 0.25) is 5.02 Å². The van der Waals surface area contributed by atoms with Gasteiger partial charge in [-0.25, -0.2) is 14.2 Å². The summed E-state index contributed by atoms with van der Waals surface area (Å²) < 4.78 is 19.1. The minimum absolute atomic E-state index is 0.0237. The molecule has 0 spiro atoms. The summed E-state index contributed by atoms with van der Waals surface area (Å²) in [4.78, 5) is 14.6. The lowest BCUT2D eigenvalue weighted by Crippen LogP contribution is -1.98. The van der Waals surface area contributed by atoms with Crippen LogP contribution in [0, 0.1) is 5.82 Å². The third kappa shape index (κ3) is 3.21. The number of halogens is 3. The lowest BCUT2D eigenvalue weighted by molar-refractivity contribution is 0.0696. The third-order valence-electron chi connectivity index (χ3n) is 2.17. The zero-order chi connectivity index (χ0) is 14.0.